The van der Waals surface area contributed by atoms with Crippen LogP contribution >= 0.6 is 0 Å². The van der Waals surface area contributed by atoms with Crippen LogP contribution in [0.3, 0.4) is 0 Å². The van der Waals surface area contributed by atoms with Gasteiger partial charge in [0.25, 0.3) is 0 Å². The van der Waals surface area contributed by atoms with Crippen LogP contribution in [0.1, 0.15) is 12.8 Å². The number of hydrogen-bond acceptors (Lipinski definition) is 4. The molecule has 3 unspecified atom stereocenters. The van der Waals surface area contributed by atoms with Crippen LogP contribution in [-0.4, -0.2) is 61.9 Å². The fourth-order valence-electron chi connectivity index (χ4n) is 2.83. The molecule has 1 N–H and O–H groups in total. The molecule has 5 nitrogen and oxygen atoms in total. The number of piperidine rings is 1. The lowest BCUT2D eigenvalue weighted by atomic mass is 10.0. The summed E-state index contributed by atoms with van der Waals surface area (Å²) in [5.74, 6) is 0.187. The summed E-state index contributed by atoms with van der Waals surface area (Å²) in [6.45, 7) is 3.82. The predicted octanol–water partition coefficient (Wildman–Crippen LogP) is -0.635. The predicted molar refractivity (Wildman–Crippen MR) is 57.1 cm³/mol. The fourth-order valence-corrected chi connectivity index (χ4v) is 2.83. The van der Waals surface area contributed by atoms with Crippen LogP contribution in [0, 0.1) is 0 Å². The van der Waals surface area contributed by atoms with E-state index in [9.17, 15) is 4.79 Å². The molecule has 3 heterocycles. The Kier molecular flexibility index (Phi) is 2.83. The van der Waals surface area contributed by atoms with E-state index in [1.165, 1.54) is 0 Å². The molecular weight excluding hydrogens is 208 g/mol. The van der Waals surface area contributed by atoms with E-state index in [1.807, 2.05) is 0 Å². The first-order valence-corrected chi connectivity index (χ1v) is 6.08. The zero-order valence-corrected chi connectivity index (χ0v) is 9.35. The van der Waals surface area contributed by atoms with Crippen molar-refractivity contribution in [2.24, 2.45) is 0 Å². The lowest BCUT2D eigenvalue weighted by Crippen LogP contribution is -2.60. The molecular formula is C11H18N2O3. The molecule has 2 bridgehead atoms. The number of carbonyl (C=O) groups excluding carboxylic acids is 1. The minimum absolute atomic E-state index is 0.0562. The van der Waals surface area contributed by atoms with E-state index >= 15 is 0 Å². The van der Waals surface area contributed by atoms with E-state index < -0.39 is 0 Å². The van der Waals surface area contributed by atoms with Crippen molar-refractivity contribution < 1.29 is 14.3 Å². The second-order valence-electron chi connectivity index (χ2n) is 4.82. The van der Waals surface area contributed by atoms with Crippen molar-refractivity contribution in [1.29, 1.82) is 0 Å². The van der Waals surface area contributed by atoms with Gasteiger partial charge >= 0.3 is 0 Å². The molecule has 3 atom stereocenters. The lowest BCUT2D eigenvalue weighted by Gasteiger charge is -2.44. The molecule has 90 valence electrons. The first-order chi connectivity index (χ1) is 7.83. The van der Waals surface area contributed by atoms with Gasteiger partial charge in [-0.05, 0) is 12.8 Å². The molecule has 1 amide bonds. The van der Waals surface area contributed by atoms with E-state index in [1.54, 1.807) is 0 Å². The van der Waals surface area contributed by atoms with Gasteiger partial charge in [-0.3, -0.25) is 9.69 Å². The summed E-state index contributed by atoms with van der Waals surface area (Å²) >= 11 is 0. The number of nitrogens with one attached hydrogen (secondary N) is 1. The van der Waals surface area contributed by atoms with Gasteiger partial charge in [0.05, 0.1) is 31.5 Å². The van der Waals surface area contributed by atoms with Crippen LogP contribution in [0.5, 0.6) is 0 Å². The highest BCUT2D eigenvalue weighted by molar-refractivity contribution is 5.82. The lowest BCUT2D eigenvalue weighted by molar-refractivity contribution is -0.187. The van der Waals surface area contributed by atoms with Crippen molar-refractivity contribution in [1.82, 2.24) is 10.2 Å². The molecule has 3 fully saturated rings. The molecule has 16 heavy (non-hydrogen) atoms. The summed E-state index contributed by atoms with van der Waals surface area (Å²) in [5.41, 5.74) is 0. The van der Waals surface area contributed by atoms with Crippen LogP contribution in [0.25, 0.3) is 0 Å². The maximum absolute atomic E-state index is 11.8. The number of hydrogen-bond donors (Lipinski definition) is 1. The summed E-state index contributed by atoms with van der Waals surface area (Å²) in [6, 6.07) is 0.0562. The van der Waals surface area contributed by atoms with Crippen LogP contribution < -0.4 is 5.32 Å². The quantitative estimate of drug-likeness (QED) is 0.646. The Balaban J connectivity index is 1.67. The second-order valence-corrected chi connectivity index (χ2v) is 4.82. The third-order valence-corrected chi connectivity index (χ3v) is 3.57. The summed E-state index contributed by atoms with van der Waals surface area (Å²) < 4.78 is 11.2. The molecule has 0 aromatic carbocycles. The van der Waals surface area contributed by atoms with Gasteiger partial charge in [0.2, 0.25) is 5.91 Å². The van der Waals surface area contributed by atoms with Crippen molar-refractivity contribution in [3.63, 3.8) is 0 Å². The summed E-state index contributed by atoms with van der Waals surface area (Å²) in [7, 11) is 0. The highest BCUT2D eigenvalue weighted by atomic mass is 16.6. The third kappa shape index (κ3) is 1.95. The SMILES string of the molecule is O=C1NCCCC1N1CC2COCC(C1)O2. The summed E-state index contributed by atoms with van der Waals surface area (Å²) in [6.07, 6.45) is 2.37. The monoisotopic (exact) mass is 226 g/mol. The van der Waals surface area contributed by atoms with Gasteiger partial charge in [0, 0.05) is 19.6 Å². The van der Waals surface area contributed by atoms with Crippen LogP contribution in [0.4, 0.5) is 0 Å². The average molecular weight is 226 g/mol. The normalized spacial score (nSPS) is 40.5. The Morgan fingerprint density at radius 1 is 1.25 bits per heavy atom. The van der Waals surface area contributed by atoms with Crippen molar-refractivity contribution in [2.75, 3.05) is 32.8 Å². The zero-order chi connectivity index (χ0) is 11.0. The van der Waals surface area contributed by atoms with Gasteiger partial charge in [-0.15, -0.1) is 0 Å². The molecule has 3 aliphatic rings. The Bertz CT molecular complexity index is 272. The van der Waals surface area contributed by atoms with Crippen LogP contribution in [0.15, 0.2) is 0 Å². The number of carbonyl (C=O) groups is 1. The standard InChI is InChI=1S/C11H18N2O3/c14-11-10(2-1-3-12-11)13-4-8-6-15-7-9(5-13)16-8/h8-10H,1-7H2,(H,12,14). The van der Waals surface area contributed by atoms with Gasteiger partial charge in [0.1, 0.15) is 0 Å². The summed E-state index contributed by atoms with van der Waals surface area (Å²) in [4.78, 5) is 14.1. The largest absolute Gasteiger partial charge is 0.376 e. The molecule has 3 saturated heterocycles. The topological polar surface area (TPSA) is 50.8 Å². The van der Waals surface area contributed by atoms with Gasteiger partial charge < -0.3 is 14.8 Å². The van der Waals surface area contributed by atoms with Crippen molar-refractivity contribution in [3.05, 3.63) is 0 Å². The van der Waals surface area contributed by atoms with Crippen molar-refractivity contribution in [2.45, 2.75) is 31.1 Å². The van der Waals surface area contributed by atoms with E-state index in [0.29, 0.717) is 13.2 Å². The molecule has 0 aromatic rings. The minimum Gasteiger partial charge on any atom is -0.376 e. The molecule has 5 heteroatoms. The van der Waals surface area contributed by atoms with E-state index in [2.05, 4.69) is 10.2 Å². The fraction of sp³-hybridized carbons (Fsp3) is 0.909. The van der Waals surface area contributed by atoms with E-state index in [4.69, 9.17) is 9.47 Å². The highest BCUT2D eigenvalue weighted by Crippen LogP contribution is 2.21. The number of ether oxygens (including phenoxy) is 2. The Labute approximate surface area is 95.1 Å². The third-order valence-electron chi connectivity index (χ3n) is 3.57. The van der Waals surface area contributed by atoms with Gasteiger partial charge in [-0.25, -0.2) is 0 Å². The van der Waals surface area contributed by atoms with E-state index in [0.717, 1.165) is 32.5 Å². The Morgan fingerprint density at radius 2 is 2.00 bits per heavy atom. The number of fused-ring (bicyclic) bond motifs is 2. The van der Waals surface area contributed by atoms with Gasteiger partial charge in [-0.2, -0.15) is 0 Å². The van der Waals surface area contributed by atoms with Gasteiger partial charge in [-0.1, -0.05) is 0 Å². The molecule has 0 aliphatic carbocycles. The molecule has 3 rings (SSSR count). The smallest absolute Gasteiger partial charge is 0.237 e. The highest BCUT2D eigenvalue weighted by Gasteiger charge is 2.37. The maximum atomic E-state index is 11.8. The van der Waals surface area contributed by atoms with Crippen LogP contribution in [-0.2, 0) is 14.3 Å². The Hall–Kier alpha value is -0.650. The molecule has 3 aliphatic heterocycles. The van der Waals surface area contributed by atoms with Crippen LogP contribution in [0.2, 0.25) is 0 Å². The van der Waals surface area contributed by atoms with Crippen molar-refractivity contribution in [3.8, 4) is 0 Å². The minimum atomic E-state index is 0.0562. The molecule has 0 aromatic heterocycles. The molecule has 0 spiro atoms. The second kappa shape index (κ2) is 4.31. The van der Waals surface area contributed by atoms with Crippen molar-refractivity contribution >= 4 is 5.91 Å². The number of rotatable bonds is 1. The molecule has 0 radical (unpaired) electrons. The first kappa shape index (κ1) is 10.5. The Morgan fingerprint density at radius 3 is 2.69 bits per heavy atom. The number of amides is 1. The van der Waals surface area contributed by atoms with Gasteiger partial charge in [0.15, 0.2) is 0 Å². The number of morpholine rings is 1. The average Bonchev–Trinajstić information content (AvgIpc) is 2.29. The maximum Gasteiger partial charge on any atom is 0.237 e. The van der Waals surface area contributed by atoms with E-state index in [-0.39, 0.29) is 24.2 Å². The molecule has 0 saturated carbocycles. The first-order valence-electron chi connectivity index (χ1n) is 6.08. The summed E-state index contributed by atoms with van der Waals surface area (Å²) in [5, 5.41) is 2.94. The number of nitrogens with zero attached hydrogens (tertiary/aromatic N) is 1. The zero-order valence-electron chi connectivity index (χ0n) is 9.35.